The summed E-state index contributed by atoms with van der Waals surface area (Å²) in [5.41, 5.74) is 3.57. The standard InChI is InChI=1S/C25H22FN3O5/c1-2-33-21-13-7-19(8-14-21)25(32)34-22-11-3-17(4-12-22)15-28-29-23(30)16-27-24(31)18-5-9-20(26)10-6-18/h3-15H,2,16H2,1H3,(H,27,31)(H,29,30)/b28-15-. The molecular weight excluding hydrogens is 441 g/mol. The van der Waals surface area contributed by atoms with Gasteiger partial charge in [-0.25, -0.2) is 14.6 Å². The summed E-state index contributed by atoms with van der Waals surface area (Å²) in [6.45, 7) is 2.12. The Kier molecular flexibility index (Phi) is 8.45. The number of halogens is 1. The number of amides is 2. The molecule has 3 aromatic rings. The van der Waals surface area contributed by atoms with E-state index >= 15 is 0 Å². The van der Waals surface area contributed by atoms with Crippen LogP contribution in [-0.2, 0) is 4.79 Å². The highest BCUT2D eigenvalue weighted by molar-refractivity contribution is 5.96. The molecule has 0 radical (unpaired) electrons. The monoisotopic (exact) mass is 463 g/mol. The molecule has 0 spiro atoms. The number of carbonyl (C=O) groups is 3. The van der Waals surface area contributed by atoms with Crippen LogP contribution in [0.1, 0.15) is 33.2 Å². The van der Waals surface area contributed by atoms with Crippen molar-refractivity contribution in [1.29, 1.82) is 0 Å². The van der Waals surface area contributed by atoms with E-state index in [0.717, 1.165) is 12.1 Å². The van der Waals surface area contributed by atoms with Crippen LogP contribution in [0.2, 0.25) is 0 Å². The van der Waals surface area contributed by atoms with Gasteiger partial charge < -0.3 is 14.8 Å². The molecule has 2 N–H and O–H groups in total. The lowest BCUT2D eigenvalue weighted by Crippen LogP contribution is -2.34. The number of hydrogen-bond donors (Lipinski definition) is 2. The molecule has 0 aliphatic rings. The minimum absolute atomic E-state index is 0.237. The fraction of sp³-hybridized carbons (Fsp3) is 0.120. The third-order valence-corrected chi connectivity index (χ3v) is 4.41. The molecule has 0 heterocycles. The second kappa shape index (κ2) is 11.9. The maximum atomic E-state index is 12.9. The van der Waals surface area contributed by atoms with Crippen molar-refractivity contribution in [2.45, 2.75) is 6.92 Å². The van der Waals surface area contributed by atoms with Crippen LogP contribution >= 0.6 is 0 Å². The lowest BCUT2D eigenvalue weighted by Gasteiger charge is -2.06. The zero-order chi connectivity index (χ0) is 24.3. The van der Waals surface area contributed by atoms with Gasteiger partial charge in [-0.15, -0.1) is 0 Å². The van der Waals surface area contributed by atoms with Gasteiger partial charge in [0.05, 0.1) is 24.9 Å². The Morgan fingerprint density at radius 3 is 2.15 bits per heavy atom. The summed E-state index contributed by atoms with van der Waals surface area (Å²) in [6, 6.07) is 18.1. The van der Waals surface area contributed by atoms with Crippen molar-refractivity contribution in [1.82, 2.24) is 10.7 Å². The van der Waals surface area contributed by atoms with Crippen molar-refractivity contribution in [2.24, 2.45) is 5.10 Å². The molecule has 0 atom stereocenters. The van der Waals surface area contributed by atoms with Crippen LogP contribution in [0, 0.1) is 5.82 Å². The number of hydrogen-bond acceptors (Lipinski definition) is 6. The van der Waals surface area contributed by atoms with Crippen molar-refractivity contribution in [2.75, 3.05) is 13.2 Å². The Morgan fingerprint density at radius 2 is 1.50 bits per heavy atom. The maximum Gasteiger partial charge on any atom is 0.343 e. The Balaban J connectivity index is 1.44. The number of ether oxygens (including phenoxy) is 2. The SMILES string of the molecule is CCOc1ccc(C(=O)Oc2ccc(/C=N\NC(=O)CNC(=O)c3ccc(F)cc3)cc2)cc1. The van der Waals surface area contributed by atoms with Crippen molar-refractivity contribution in [3.8, 4) is 11.5 Å². The summed E-state index contributed by atoms with van der Waals surface area (Å²) in [4.78, 5) is 36.0. The normalized spacial score (nSPS) is 10.5. The van der Waals surface area contributed by atoms with Gasteiger partial charge in [0.1, 0.15) is 17.3 Å². The van der Waals surface area contributed by atoms with Crippen LogP contribution in [0.3, 0.4) is 0 Å². The molecule has 8 nitrogen and oxygen atoms in total. The Morgan fingerprint density at radius 1 is 0.882 bits per heavy atom. The zero-order valence-corrected chi connectivity index (χ0v) is 18.3. The van der Waals surface area contributed by atoms with Gasteiger partial charge in [0.15, 0.2) is 0 Å². The van der Waals surface area contributed by atoms with Crippen LogP contribution in [0.25, 0.3) is 0 Å². The summed E-state index contributed by atoms with van der Waals surface area (Å²) >= 11 is 0. The van der Waals surface area contributed by atoms with Crippen LogP contribution < -0.4 is 20.2 Å². The Hall–Kier alpha value is -4.53. The van der Waals surface area contributed by atoms with Gasteiger partial charge >= 0.3 is 5.97 Å². The Labute approximate surface area is 195 Å². The minimum Gasteiger partial charge on any atom is -0.494 e. The maximum absolute atomic E-state index is 12.9. The summed E-state index contributed by atoms with van der Waals surface area (Å²) in [5, 5.41) is 6.23. The molecule has 0 aliphatic heterocycles. The molecular formula is C25H22FN3O5. The van der Waals surface area contributed by atoms with Gasteiger partial charge in [0.25, 0.3) is 11.8 Å². The number of benzene rings is 3. The van der Waals surface area contributed by atoms with Gasteiger partial charge in [-0.2, -0.15) is 5.10 Å². The van der Waals surface area contributed by atoms with Gasteiger partial charge in [0.2, 0.25) is 0 Å². The first-order valence-electron chi connectivity index (χ1n) is 10.4. The molecule has 3 aromatic carbocycles. The van der Waals surface area contributed by atoms with Crippen LogP contribution in [0.5, 0.6) is 11.5 Å². The van der Waals surface area contributed by atoms with E-state index < -0.39 is 23.6 Å². The van der Waals surface area contributed by atoms with Crippen LogP contribution in [-0.4, -0.2) is 37.1 Å². The van der Waals surface area contributed by atoms with Crippen LogP contribution in [0.4, 0.5) is 4.39 Å². The summed E-state index contributed by atoms with van der Waals surface area (Å²) in [7, 11) is 0. The summed E-state index contributed by atoms with van der Waals surface area (Å²) in [5.74, 6) is -0.974. The van der Waals surface area contributed by atoms with Gasteiger partial charge in [0, 0.05) is 5.56 Å². The lowest BCUT2D eigenvalue weighted by atomic mass is 10.2. The first-order valence-corrected chi connectivity index (χ1v) is 10.4. The molecule has 0 aliphatic carbocycles. The highest BCUT2D eigenvalue weighted by Gasteiger charge is 2.09. The fourth-order valence-electron chi connectivity index (χ4n) is 2.72. The molecule has 0 saturated carbocycles. The number of rotatable bonds is 9. The van der Waals surface area contributed by atoms with Crippen molar-refractivity contribution in [3.05, 3.63) is 95.3 Å². The first kappa shape index (κ1) is 24.1. The third kappa shape index (κ3) is 7.27. The average molecular weight is 463 g/mol. The summed E-state index contributed by atoms with van der Waals surface area (Å²) in [6.07, 6.45) is 1.40. The van der Waals surface area contributed by atoms with E-state index in [-0.39, 0.29) is 12.1 Å². The van der Waals surface area contributed by atoms with E-state index in [1.807, 2.05) is 6.92 Å². The van der Waals surface area contributed by atoms with Gasteiger partial charge in [-0.3, -0.25) is 9.59 Å². The number of hydrazone groups is 1. The largest absolute Gasteiger partial charge is 0.494 e. The molecule has 0 unspecified atom stereocenters. The molecule has 0 saturated heterocycles. The molecule has 34 heavy (non-hydrogen) atoms. The van der Waals surface area contributed by atoms with Crippen molar-refractivity contribution < 1.29 is 28.2 Å². The second-order valence-electron chi connectivity index (χ2n) is 6.90. The van der Waals surface area contributed by atoms with E-state index in [0.29, 0.717) is 29.2 Å². The molecule has 2 amide bonds. The van der Waals surface area contributed by atoms with E-state index in [2.05, 4.69) is 15.8 Å². The number of nitrogens with one attached hydrogen (secondary N) is 2. The zero-order valence-electron chi connectivity index (χ0n) is 18.3. The molecule has 3 rings (SSSR count). The van der Waals surface area contributed by atoms with Crippen molar-refractivity contribution >= 4 is 24.0 Å². The summed E-state index contributed by atoms with van der Waals surface area (Å²) < 4.78 is 23.6. The molecule has 174 valence electrons. The van der Waals surface area contributed by atoms with Crippen LogP contribution in [0.15, 0.2) is 77.9 Å². The molecule has 0 bridgehead atoms. The highest BCUT2D eigenvalue weighted by Crippen LogP contribution is 2.16. The number of carbonyl (C=O) groups excluding carboxylic acids is 3. The smallest absolute Gasteiger partial charge is 0.343 e. The molecule has 0 aromatic heterocycles. The molecule has 9 heteroatoms. The van der Waals surface area contributed by atoms with Gasteiger partial charge in [-0.1, -0.05) is 0 Å². The van der Waals surface area contributed by atoms with Crippen molar-refractivity contribution in [3.63, 3.8) is 0 Å². The predicted molar refractivity (Wildman–Crippen MR) is 123 cm³/mol. The van der Waals surface area contributed by atoms with E-state index in [9.17, 15) is 18.8 Å². The quantitative estimate of drug-likeness (QED) is 0.219. The topological polar surface area (TPSA) is 106 Å². The molecule has 0 fully saturated rings. The fourth-order valence-corrected chi connectivity index (χ4v) is 2.72. The van der Waals surface area contributed by atoms with Gasteiger partial charge in [-0.05, 0) is 85.3 Å². The highest BCUT2D eigenvalue weighted by atomic mass is 19.1. The lowest BCUT2D eigenvalue weighted by molar-refractivity contribution is -0.120. The minimum atomic E-state index is -0.535. The van der Waals surface area contributed by atoms with E-state index in [4.69, 9.17) is 9.47 Å². The first-order chi connectivity index (χ1) is 16.4. The number of esters is 1. The Bertz CT molecular complexity index is 1160. The van der Waals surface area contributed by atoms with E-state index in [1.54, 1.807) is 48.5 Å². The third-order valence-electron chi connectivity index (χ3n) is 4.41. The second-order valence-corrected chi connectivity index (χ2v) is 6.90. The van der Waals surface area contributed by atoms with E-state index in [1.165, 1.54) is 18.3 Å². The number of nitrogens with zero attached hydrogens (tertiary/aromatic N) is 1. The average Bonchev–Trinajstić information content (AvgIpc) is 2.84. The predicted octanol–water partition coefficient (Wildman–Crippen LogP) is 3.32.